The van der Waals surface area contributed by atoms with Crippen LogP contribution in [-0.4, -0.2) is 29.9 Å². The Balaban J connectivity index is 0.00000144. The summed E-state index contributed by atoms with van der Waals surface area (Å²) in [5, 5.41) is 0. The lowest BCUT2D eigenvalue weighted by atomic mass is 10.1. The first-order valence-electron chi connectivity index (χ1n) is 5.48. The van der Waals surface area contributed by atoms with Crippen LogP contribution in [0.3, 0.4) is 0 Å². The van der Waals surface area contributed by atoms with Gasteiger partial charge in [0.1, 0.15) is 5.82 Å². The normalized spacial score (nSPS) is 19.6. The standard InChI is InChI=1S/C12H15FN2O.ClH/c13-11-6-2-1-5-10(11)12(16)15-7-3-4-9(14)8-15;/h1-2,5-6,9H,3-4,7-8,14H2;1H. The molecule has 1 amide bonds. The van der Waals surface area contributed by atoms with Gasteiger partial charge in [-0.05, 0) is 25.0 Å². The van der Waals surface area contributed by atoms with Crippen LogP contribution < -0.4 is 5.73 Å². The minimum absolute atomic E-state index is 0. The van der Waals surface area contributed by atoms with Gasteiger partial charge in [-0.1, -0.05) is 12.1 Å². The van der Waals surface area contributed by atoms with E-state index in [9.17, 15) is 9.18 Å². The number of amides is 1. The van der Waals surface area contributed by atoms with Gasteiger partial charge in [-0.25, -0.2) is 4.39 Å². The van der Waals surface area contributed by atoms with Crippen molar-refractivity contribution in [3.63, 3.8) is 0 Å². The molecule has 1 aromatic carbocycles. The predicted octanol–water partition coefficient (Wildman–Crippen LogP) is 1.81. The maximum absolute atomic E-state index is 13.4. The van der Waals surface area contributed by atoms with Crippen molar-refractivity contribution in [2.24, 2.45) is 5.73 Å². The number of halogens is 2. The third-order valence-corrected chi connectivity index (χ3v) is 2.85. The van der Waals surface area contributed by atoms with E-state index in [1.165, 1.54) is 12.1 Å². The first-order chi connectivity index (χ1) is 7.68. The molecule has 1 aromatic rings. The fraction of sp³-hybridized carbons (Fsp3) is 0.417. The van der Waals surface area contributed by atoms with Crippen LogP contribution >= 0.6 is 12.4 Å². The summed E-state index contributed by atoms with van der Waals surface area (Å²) in [7, 11) is 0. The number of hydrogen-bond acceptors (Lipinski definition) is 2. The van der Waals surface area contributed by atoms with Crippen LogP contribution in [0, 0.1) is 5.82 Å². The van der Waals surface area contributed by atoms with E-state index < -0.39 is 5.82 Å². The van der Waals surface area contributed by atoms with Crippen LogP contribution in [0.5, 0.6) is 0 Å². The molecule has 3 nitrogen and oxygen atoms in total. The summed E-state index contributed by atoms with van der Waals surface area (Å²) < 4.78 is 13.4. The zero-order valence-electron chi connectivity index (χ0n) is 9.43. The number of nitrogens with two attached hydrogens (primary N) is 1. The molecule has 1 aliphatic rings. The molecule has 0 aliphatic carbocycles. The minimum atomic E-state index is -0.466. The topological polar surface area (TPSA) is 46.3 Å². The SMILES string of the molecule is Cl.NC1CCCN(C(=O)c2ccccc2F)C1. The van der Waals surface area contributed by atoms with Crippen LogP contribution in [-0.2, 0) is 0 Å². The summed E-state index contributed by atoms with van der Waals surface area (Å²) in [5.74, 6) is -0.722. The molecule has 0 bridgehead atoms. The number of rotatable bonds is 1. The lowest BCUT2D eigenvalue weighted by Gasteiger charge is -2.30. The molecule has 2 N–H and O–H groups in total. The third-order valence-electron chi connectivity index (χ3n) is 2.85. The van der Waals surface area contributed by atoms with Gasteiger partial charge in [-0.15, -0.1) is 12.4 Å². The first-order valence-corrected chi connectivity index (χ1v) is 5.48. The second kappa shape index (κ2) is 5.98. The Labute approximate surface area is 106 Å². The molecule has 0 radical (unpaired) electrons. The Bertz CT molecular complexity index is 400. The van der Waals surface area contributed by atoms with Crippen LogP contribution in [0.25, 0.3) is 0 Å². The summed E-state index contributed by atoms with van der Waals surface area (Å²) in [4.78, 5) is 13.6. The Morgan fingerprint density at radius 2 is 2.12 bits per heavy atom. The molecule has 1 aliphatic heterocycles. The molecule has 2 rings (SSSR count). The van der Waals surface area contributed by atoms with E-state index in [0.29, 0.717) is 13.1 Å². The van der Waals surface area contributed by atoms with Gasteiger partial charge in [0.15, 0.2) is 0 Å². The first kappa shape index (κ1) is 13.9. The second-order valence-corrected chi connectivity index (χ2v) is 4.13. The van der Waals surface area contributed by atoms with Crippen LogP contribution in [0.1, 0.15) is 23.2 Å². The van der Waals surface area contributed by atoms with Crippen molar-refractivity contribution in [2.75, 3.05) is 13.1 Å². The van der Waals surface area contributed by atoms with Gasteiger partial charge in [0, 0.05) is 19.1 Å². The van der Waals surface area contributed by atoms with Crippen molar-refractivity contribution in [2.45, 2.75) is 18.9 Å². The highest BCUT2D eigenvalue weighted by molar-refractivity contribution is 5.94. The van der Waals surface area contributed by atoms with Gasteiger partial charge < -0.3 is 10.6 Å². The summed E-state index contributed by atoms with van der Waals surface area (Å²) >= 11 is 0. The summed E-state index contributed by atoms with van der Waals surface area (Å²) in [6, 6.07) is 6.08. The number of carbonyl (C=O) groups excluding carboxylic acids is 1. The van der Waals surface area contributed by atoms with Gasteiger partial charge in [0.05, 0.1) is 5.56 Å². The Kier molecular flexibility index (Phi) is 4.90. The summed E-state index contributed by atoms with van der Waals surface area (Å²) in [5.41, 5.74) is 5.93. The molecule has 1 saturated heterocycles. The maximum Gasteiger partial charge on any atom is 0.256 e. The van der Waals surface area contributed by atoms with Crippen LogP contribution in [0.15, 0.2) is 24.3 Å². The molecule has 1 heterocycles. The van der Waals surface area contributed by atoms with Gasteiger partial charge in [-0.2, -0.15) is 0 Å². The average Bonchev–Trinajstić information content (AvgIpc) is 2.29. The number of hydrogen-bond donors (Lipinski definition) is 1. The predicted molar refractivity (Wildman–Crippen MR) is 66.8 cm³/mol. The highest BCUT2D eigenvalue weighted by Gasteiger charge is 2.23. The molecule has 5 heteroatoms. The van der Waals surface area contributed by atoms with E-state index >= 15 is 0 Å². The molecule has 0 spiro atoms. The fourth-order valence-electron chi connectivity index (χ4n) is 2.00. The van der Waals surface area contributed by atoms with Gasteiger partial charge in [0.25, 0.3) is 5.91 Å². The van der Waals surface area contributed by atoms with Crippen molar-refractivity contribution in [1.82, 2.24) is 4.90 Å². The van der Waals surface area contributed by atoms with Crippen molar-refractivity contribution < 1.29 is 9.18 Å². The average molecular weight is 259 g/mol. The molecule has 0 aromatic heterocycles. The van der Waals surface area contributed by atoms with Gasteiger partial charge in [0.2, 0.25) is 0 Å². The van der Waals surface area contributed by atoms with E-state index in [1.807, 2.05) is 0 Å². The highest BCUT2D eigenvalue weighted by atomic mass is 35.5. The Morgan fingerprint density at radius 1 is 1.41 bits per heavy atom. The number of piperidine rings is 1. The molecular weight excluding hydrogens is 243 g/mol. The Morgan fingerprint density at radius 3 is 2.76 bits per heavy atom. The number of benzene rings is 1. The number of carbonyl (C=O) groups is 1. The zero-order chi connectivity index (χ0) is 11.5. The molecule has 1 unspecified atom stereocenters. The lowest BCUT2D eigenvalue weighted by molar-refractivity contribution is 0.0704. The smallest absolute Gasteiger partial charge is 0.256 e. The maximum atomic E-state index is 13.4. The van der Waals surface area contributed by atoms with Crippen LogP contribution in [0.4, 0.5) is 4.39 Å². The zero-order valence-corrected chi connectivity index (χ0v) is 10.3. The molecular formula is C12H16ClFN2O. The van der Waals surface area contributed by atoms with Crippen LogP contribution in [0.2, 0.25) is 0 Å². The highest BCUT2D eigenvalue weighted by Crippen LogP contribution is 2.14. The minimum Gasteiger partial charge on any atom is -0.337 e. The molecule has 1 atom stereocenters. The van der Waals surface area contributed by atoms with Gasteiger partial charge in [-0.3, -0.25) is 4.79 Å². The summed E-state index contributed by atoms with van der Waals surface area (Å²) in [6.45, 7) is 1.19. The van der Waals surface area contributed by atoms with E-state index in [2.05, 4.69) is 0 Å². The molecule has 94 valence electrons. The van der Waals surface area contributed by atoms with E-state index in [4.69, 9.17) is 5.73 Å². The lowest BCUT2D eigenvalue weighted by Crippen LogP contribution is -2.45. The Hall–Kier alpha value is -1.13. The van der Waals surface area contributed by atoms with E-state index in [1.54, 1.807) is 17.0 Å². The quantitative estimate of drug-likeness (QED) is 0.835. The van der Waals surface area contributed by atoms with Crippen molar-refractivity contribution in [3.05, 3.63) is 35.6 Å². The number of likely N-dealkylation sites (tertiary alicyclic amines) is 1. The number of nitrogens with zero attached hydrogens (tertiary/aromatic N) is 1. The van der Waals surface area contributed by atoms with Gasteiger partial charge >= 0.3 is 0 Å². The molecule has 1 fully saturated rings. The van der Waals surface area contributed by atoms with E-state index in [-0.39, 0.29) is 29.9 Å². The van der Waals surface area contributed by atoms with E-state index in [0.717, 1.165) is 12.8 Å². The van der Waals surface area contributed by atoms with Crippen molar-refractivity contribution >= 4 is 18.3 Å². The monoisotopic (exact) mass is 258 g/mol. The van der Waals surface area contributed by atoms with Crippen molar-refractivity contribution in [3.8, 4) is 0 Å². The fourth-order valence-corrected chi connectivity index (χ4v) is 2.00. The largest absolute Gasteiger partial charge is 0.337 e. The molecule has 17 heavy (non-hydrogen) atoms. The second-order valence-electron chi connectivity index (χ2n) is 4.13. The summed E-state index contributed by atoms with van der Waals surface area (Å²) in [6.07, 6.45) is 1.82. The van der Waals surface area contributed by atoms with Crippen molar-refractivity contribution in [1.29, 1.82) is 0 Å². The molecule has 0 saturated carbocycles. The third kappa shape index (κ3) is 3.17.